The van der Waals surface area contributed by atoms with Crippen LogP contribution in [0.5, 0.6) is 0 Å². The lowest BCUT2D eigenvalue weighted by atomic mass is 10.0. The Hall–Kier alpha value is -2.42. The van der Waals surface area contributed by atoms with Crippen LogP contribution < -0.4 is 0 Å². The monoisotopic (exact) mass is 294 g/mol. The van der Waals surface area contributed by atoms with Gasteiger partial charge in [-0.05, 0) is 12.5 Å². The molecule has 112 valence electrons. The minimum Gasteiger partial charge on any atom is -0.466 e. The van der Waals surface area contributed by atoms with Gasteiger partial charge in [0.15, 0.2) is 5.78 Å². The molecule has 3 rings (SSSR count). The van der Waals surface area contributed by atoms with Crippen molar-refractivity contribution < 1.29 is 14.3 Å². The SMILES string of the molecule is CCOC(=O)[C@H]1[C@H](C(=O)c2ccccc2)[C@@H]1c1ccccc1. The molecule has 0 saturated heterocycles. The summed E-state index contributed by atoms with van der Waals surface area (Å²) in [6.45, 7) is 2.12. The predicted octanol–water partition coefficient (Wildman–Crippen LogP) is 3.46. The number of ether oxygens (including phenoxy) is 1. The van der Waals surface area contributed by atoms with Crippen molar-refractivity contribution in [1.29, 1.82) is 0 Å². The average molecular weight is 294 g/mol. The van der Waals surface area contributed by atoms with Crippen LogP contribution in [-0.2, 0) is 9.53 Å². The molecule has 1 aliphatic rings. The Morgan fingerprint density at radius 3 is 2.09 bits per heavy atom. The Morgan fingerprint density at radius 1 is 0.909 bits per heavy atom. The Kier molecular flexibility index (Phi) is 4.05. The number of esters is 1. The molecule has 0 N–H and O–H groups in total. The molecule has 22 heavy (non-hydrogen) atoms. The molecule has 0 bridgehead atoms. The largest absolute Gasteiger partial charge is 0.466 e. The maximum atomic E-state index is 12.7. The Morgan fingerprint density at radius 2 is 1.50 bits per heavy atom. The van der Waals surface area contributed by atoms with Gasteiger partial charge in [0.25, 0.3) is 0 Å². The molecule has 0 heterocycles. The third-order valence-electron chi connectivity index (χ3n) is 4.12. The summed E-state index contributed by atoms with van der Waals surface area (Å²) in [4.78, 5) is 24.9. The van der Waals surface area contributed by atoms with Crippen LogP contribution >= 0.6 is 0 Å². The minimum atomic E-state index is -0.366. The van der Waals surface area contributed by atoms with Gasteiger partial charge in [-0.1, -0.05) is 60.7 Å². The third-order valence-corrected chi connectivity index (χ3v) is 4.12. The van der Waals surface area contributed by atoms with E-state index < -0.39 is 0 Å². The number of benzene rings is 2. The van der Waals surface area contributed by atoms with Crippen molar-refractivity contribution in [2.75, 3.05) is 6.61 Å². The molecule has 0 spiro atoms. The van der Waals surface area contributed by atoms with Crippen molar-refractivity contribution in [1.82, 2.24) is 0 Å². The van der Waals surface area contributed by atoms with Crippen LogP contribution in [0.2, 0.25) is 0 Å². The van der Waals surface area contributed by atoms with Crippen molar-refractivity contribution in [2.24, 2.45) is 11.8 Å². The second-order valence-electron chi connectivity index (χ2n) is 5.47. The number of ketones is 1. The van der Waals surface area contributed by atoms with Crippen LogP contribution in [0, 0.1) is 11.8 Å². The van der Waals surface area contributed by atoms with E-state index in [4.69, 9.17) is 4.74 Å². The van der Waals surface area contributed by atoms with Crippen molar-refractivity contribution in [3.8, 4) is 0 Å². The van der Waals surface area contributed by atoms with Gasteiger partial charge in [-0.15, -0.1) is 0 Å². The first-order valence-electron chi connectivity index (χ1n) is 7.55. The van der Waals surface area contributed by atoms with Crippen LogP contribution in [0.15, 0.2) is 60.7 Å². The van der Waals surface area contributed by atoms with Crippen molar-refractivity contribution in [3.05, 3.63) is 71.8 Å². The van der Waals surface area contributed by atoms with Gasteiger partial charge < -0.3 is 4.74 Å². The highest BCUT2D eigenvalue weighted by Crippen LogP contribution is 2.56. The molecule has 3 nitrogen and oxygen atoms in total. The topological polar surface area (TPSA) is 43.4 Å². The van der Waals surface area contributed by atoms with E-state index in [9.17, 15) is 9.59 Å². The number of carbonyl (C=O) groups is 2. The van der Waals surface area contributed by atoms with E-state index in [1.165, 1.54) is 0 Å². The van der Waals surface area contributed by atoms with Gasteiger partial charge in [-0.2, -0.15) is 0 Å². The standard InChI is InChI=1S/C19H18O3/c1-2-22-19(21)17-15(13-9-5-3-6-10-13)16(17)18(20)14-11-7-4-8-12-14/h3-12,15-17H,2H2,1H3/t15-,16+,17+/m0/s1. The molecule has 2 aromatic rings. The summed E-state index contributed by atoms with van der Waals surface area (Å²) in [5.41, 5.74) is 1.68. The van der Waals surface area contributed by atoms with Gasteiger partial charge in [-0.25, -0.2) is 0 Å². The molecule has 1 aliphatic carbocycles. The minimum absolute atomic E-state index is 0.0208. The molecule has 3 heteroatoms. The quantitative estimate of drug-likeness (QED) is 0.626. The smallest absolute Gasteiger partial charge is 0.310 e. The van der Waals surface area contributed by atoms with Gasteiger partial charge >= 0.3 is 5.97 Å². The van der Waals surface area contributed by atoms with E-state index >= 15 is 0 Å². The number of carbonyl (C=O) groups excluding carboxylic acids is 2. The van der Waals surface area contributed by atoms with Gasteiger partial charge in [0, 0.05) is 17.4 Å². The van der Waals surface area contributed by atoms with Crippen molar-refractivity contribution in [2.45, 2.75) is 12.8 Å². The highest BCUT2D eigenvalue weighted by Gasteiger charge is 2.60. The molecule has 2 aromatic carbocycles. The first-order chi connectivity index (χ1) is 10.7. The van der Waals surface area contributed by atoms with Gasteiger partial charge in [0.05, 0.1) is 12.5 Å². The lowest BCUT2D eigenvalue weighted by Crippen LogP contribution is -2.11. The zero-order valence-electron chi connectivity index (χ0n) is 12.4. The molecular formula is C19H18O3. The molecule has 3 atom stereocenters. The van der Waals surface area contributed by atoms with Crippen LogP contribution in [0.25, 0.3) is 0 Å². The van der Waals surface area contributed by atoms with E-state index in [0.29, 0.717) is 12.2 Å². The molecule has 0 unspecified atom stereocenters. The molecule has 0 aromatic heterocycles. The Bertz CT molecular complexity index is 664. The lowest BCUT2D eigenvalue weighted by molar-refractivity contribution is -0.145. The second kappa shape index (κ2) is 6.14. The number of hydrogen-bond donors (Lipinski definition) is 0. The number of hydrogen-bond acceptors (Lipinski definition) is 3. The zero-order valence-corrected chi connectivity index (χ0v) is 12.4. The molecule has 1 saturated carbocycles. The number of rotatable bonds is 5. The van der Waals surface area contributed by atoms with Crippen LogP contribution in [0.1, 0.15) is 28.8 Å². The third kappa shape index (κ3) is 2.67. The van der Waals surface area contributed by atoms with Crippen molar-refractivity contribution >= 4 is 11.8 Å². The molecular weight excluding hydrogens is 276 g/mol. The first-order valence-corrected chi connectivity index (χ1v) is 7.55. The fourth-order valence-corrected chi connectivity index (χ4v) is 3.05. The van der Waals surface area contributed by atoms with E-state index in [1.807, 2.05) is 48.5 Å². The maximum Gasteiger partial charge on any atom is 0.310 e. The summed E-state index contributed by atoms with van der Waals surface area (Å²) < 4.78 is 5.14. The van der Waals surface area contributed by atoms with Crippen LogP contribution in [0.4, 0.5) is 0 Å². The van der Waals surface area contributed by atoms with E-state index in [1.54, 1.807) is 19.1 Å². The second-order valence-corrected chi connectivity index (χ2v) is 5.47. The summed E-state index contributed by atoms with van der Waals surface area (Å²) >= 11 is 0. The summed E-state index contributed by atoms with van der Waals surface area (Å²) in [5, 5.41) is 0. The molecule has 0 amide bonds. The lowest BCUT2D eigenvalue weighted by Gasteiger charge is -2.00. The summed E-state index contributed by atoms with van der Waals surface area (Å²) in [7, 11) is 0. The van der Waals surface area contributed by atoms with Crippen LogP contribution in [-0.4, -0.2) is 18.4 Å². The summed E-state index contributed by atoms with van der Waals surface area (Å²) in [6, 6.07) is 18.9. The summed E-state index contributed by atoms with van der Waals surface area (Å²) in [5.74, 6) is -1.01. The predicted molar refractivity (Wildman–Crippen MR) is 83.6 cm³/mol. The normalized spacial score (nSPS) is 22.9. The average Bonchev–Trinajstić information content (AvgIpc) is 3.32. The fourth-order valence-electron chi connectivity index (χ4n) is 3.05. The molecule has 0 aliphatic heterocycles. The number of Topliss-reactive ketones (excluding diaryl/α,β-unsaturated/α-hetero) is 1. The summed E-state index contributed by atoms with van der Waals surface area (Å²) in [6.07, 6.45) is 0. The van der Waals surface area contributed by atoms with E-state index in [2.05, 4.69) is 0 Å². The van der Waals surface area contributed by atoms with Gasteiger partial charge in [-0.3, -0.25) is 9.59 Å². The van der Waals surface area contributed by atoms with E-state index in [-0.39, 0.29) is 29.5 Å². The molecule has 1 fully saturated rings. The van der Waals surface area contributed by atoms with E-state index in [0.717, 1.165) is 5.56 Å². The zero-order chi connectivity index (χ0) is 15.5. The maximum absolute atomic E-state index is 12.7. The Labute approximate surface area is 129 Å². The fraction of sp³-hybridized carbons (Fsp3) is 0.263. The van der Waals surface area contributed by atoms with Crippen LogP contribution in [0.3, 0.4) is 0 Å². The van der Waals surface area contributed by atoms with Gasteiger partial charge in [0.1, 0.15) is 0 Å². The highest BCUT2D eigenvalue weighted by atomic mass is 16.5. The first kappa shape index (κ1) is 14.5. The Balaban J connectivity index is 1.87. The highest BCUT2D eigenvalue weighted by molar-refractivity contribution is 6.04. The van der Waals surface area contributed by atoms with Crippen molar-refractivity contribution in [3.63, 3.8) is 0 Å². The molecule has 0 radical (unpaired) electrons. The van der Waals surface area contributed by atoms with Gasteiger partial charge in [0.2, 0.25) is 0 Å².